The molecule has 1 heterocycles. The van der Waals surface area contributed by atoms with Crippen LogP contribution < -0.4 is 0 Å². The van der Waals surface area contributed by atoms with E-state index in [0.29, 0.717) is 6.42 Å². The third kappa shape index (κ3) is 2.68. The number of aliphatic hydroxyl groups is 1. The molecule has 1 aromatic heterocycles. The van der Waals surface area contributed by atoms with Gasteiger partial charge in [0.1, 0.15) is 0 Å². The number of aromatic amines is 1. The Hall–Kier alpha value is -1.10. The van der Waals surface area contributed by atoms with Crippen LogP contribution in [0.5, 0.6) is 0 Å². The molecule has 0 aliphatic heterocycles. The monoisotopic (exact) mass is 393 g/mol. The van der Waals surface area contributed by atoms with Crippen LogP contribution in [0.4, 0.5) is 0 Å². The fourth-order valence-corrected chi connectivity index (χ4v) is 3.89. The summed E-state index contributed by atoms with van der Waals surface area (Å²) in [6.45, 7) is 0. The highest BCUT2D eigenvalue weighted by molar-refractivity contribution is 9.11. The largest absolute Gasteiger partial charge is 0.388 e. The first-order valence-electron chi connectivity index (χ1n) is 6.33. The van der Waals surface area contributed by atoms with Gasteiger partial charge in [-0.05, 0) is 23.3 Å². The minimum absolute atomic E-state index is 0.495. The van der Waals surface area contributed by atoms with Crippen LogP contribution in [0.2, 0.25) is 0 Å². The highest BCUT2D eigenvalue weighted by Crippen LogP contribution is 2.32. The summed E-state index contributed by atoms with van der Waals surface area (Å²) in [6, 6.07) is 13.8. The Bertz CT molecular complexity index is 737. The molecular formula is C16H13Br2NO. The molecule has 2 nitrogen and oxygen atoms in total. The summed E-state index contributed by atoms with van der Waals surface area (Å²) in [5, 5.41) is 11.5. The molecule has 0 bridgehead atoms. The first-order valence-corrected chi connectivity index (χ1v) is 7.92. The summed E-state index contributed by atoms with van der Waals surface area (Å²) in [6.07, 6.45) is 2.06. The van der Waals surface area contributed by atoms with Crippen molar-refractivity contribution in [2.24, 2.45) is 0 Å². The molecule has 0 fully saturated rings. The topological polar surface area (TPSA) is 36.0 Å². The average molecular weight is 395 g/mol. The summed E-state index contributed by atoms with van der Waals surface area (Å²) in [5.74, 6) is 0. The fourth-order valence-electron chi connectivity index (χ4n) is 2.41. The smallest absolute Gasteiger partial charge is 0.0831 e. The molecule has 2 aromatic carbocycles. The second-order valence-corrected chi connectivity index (χ2v) is 6.52. The normalized spacial score (nSPS) is 12.8. The molecule has 1 unspecified atom stereocenters. The van der Waals surface area contributed by atoms with E-state index in [-0.39, 0.29) is 0 Å². The van der Waals surface area contributed by atoms with Crippen LogP contribution >= 0.6 is 31.9 Å². The van der Waals surface area contributed by atoms with Crippen LogP contribution in [0.25, 0.3) is 10.9 Å². The van der Waals surface area contributed by atoms with Crippen LogP contribution in [0.1, 0.15) is 17.2 Å². The molecule has 0 aliphatic rings. The van der Waals surface area contributed by atoms with Crippen LogP contribution in [0.15, 0.2) is 57.6 Å². The molecule has 3 aromatic rings. The number of H-pyrrole nitrogens is 1. The SMILES string of the molecule is OC(Cc1c[nH]c2cc(Br)cc(Br)c12)c1ccccc1. The minimum Gasteiger partial charge on any atom is -0.388 e. The zero-order chi connectivity index (χ0) is 14.1. The van der Waals surface area contributed by atoms with Gasteiger partial charge in [0.25, 0.3) is 0 Å². The Morgan fingerprint density at radius 2 is 1.85 bits per heavy atom. The number of fused-ring (bicyclic) bond motifs is 1. The summed E-state index contributed by atoms with van der Waals surface area (Å²) in [4.78, 5) is 3.26. The molecule has 0 saturated carbocycles. The van der Waals surface area contributed by atoms with E-state index in [1.54, 1.807) is 0 Å². The lowest BCUT2D eigenvalue weighted by atomic mass is 10.0. The maximum absolute atomic E-state index is 10.4. The van der Waals surface area contributed by atoms with Gasteiger partial charge in [0.2, 0.25) is 0 Å². The first-order chi connectivity index (χ1) is 9.65. The third-order valence-corrected chi connectivity index (χ3v) is 4.46. The Labute approximate surface area is 134 Å². The standard InChI is InChI=1S/C16H13Br2NO/c17-12-7-13(18)16-11(9-19-14(16)8-12)6-15(20)10-4-2-1-3-5-10/h1-5,7-9,15,19-20H,6H2. The number of nitrogens with one attached hydrogen (secondary N) is 1. The lowest BCUT2D eigenvalue weighted by Crippen LogP contribution is -2.01. The number of aliphatic hydroxyl groups excluding tert-OH is 1. The molecule has 20 heavy (non-hydrogen) atoms. The Morgan fingerprint density at radius 1 is 1.10 bits per heavy atom. The predicted molar refractivity (Wildman–Crippen MR) is 88.8 cm³/mol. The quantitative estimate of drug-likeness (QED) is 0.646. The molecule has 1 atom stereocenters. The molecule has 4 heteroatoms. The van der Waals surface area contributed by atoms with Crippen LogP contribution in [-0.2, 0) is 6.42 Å². The lowest BCUT2D eigenvalue weighted by Gasteiger charge is -2.10. The van der Waals surface area contributed by atoms with Crippen molar-refractivity contribution in [2.45, 2.75) is 12.5 Å². The zero-order valence-corrected chi connectivity index (χ0v) is 13.8. The molecule has 0 amide bonds. The van der Waals surface area contributed by atoms with Crippen molar-refractivity contribution < 1.29 is 5.11 Å². The molecule has 102 valence electrons. The highest BCUT2D eigenvalue weighted by atomic mass is 79.9. The summed E-state index contributed by atoms with van der Waals surface area (Å²) in [7, 11) is 0. The number of halogens is 2. The van der Waals surface area contributed by atoms with Gasteiger partial charge in [-0.2, -0.15) is 0 Å². The van der Waals surface area contributed by atoms with Gasteiger partial charge in [-0.15, -0.1) is 0 Å². The molecule has 3 rings (SSSR count). The van der Waals surface area contributed by atoms with Gasteiger partial charge < -0.3 is 10.1 Å². The van der Waals surface area contributed by atoms with E-state index in [9.17, 15) is 5.11 Å². The molecule has 0 aliphatic carbocycles. The highest BCUT2D eigenvalue weighted by Gasteiger charge is 2.14. The predicted octanol–water partition coefficient (Wildman–Crippen LogP) is 4.97. The van der Waals surface area contributed by atoms with Gasteiger partial charge in [-0.1, -0.05) is 62.2 Å². The number of aromatic nitrogens is 1. The molecule has 2 N–H and O–H groups in total. The minimum atomic E-state index is -0.495. The number of hydrogen-bond acceptors (Lipinski definition) is 1. The number of benzene rings is 2. The van der Waals surface area contributed by atoms with E-state index in [4.69, 9.17) is 0 Å². The van der Waals surface area contributed by atoms with Crippen molar-refractivity contribution in [3.8, 4) is 0 Å². The Kier molecular flexibility index (Phi) is 3.96. The second kappa shape index (κ2) is 5.72. The molecule has 0 spiro atoms. The molecular weight excluding hydrogens is 382 g/mol. The average Bonchev–Trinajstić information content (AvgIpc) is 2.82. The van der Waals surface area contributed by atoms with Crippen molar-refractivity contribution in [3.05, 3.63) is 68.7 Å². The van der Waals surface area contributed by atoms with E-state index in [1.807, 2.05) is 48.7 Å². The maximum Gasteiger partial charge on any atom is 0.0831 e. The molecule has 0 saturated heterocycles. The van der Waals surface area contributed by atoms with Crippen molar-refractivity contribution in [1.82, 2.24) is 4.98 Å². The first kappa shape index (κ1) is 13.9. The van der Waals surface area contributed by atoms with Gasteiger partial charge in [-0.25, -0.2) is 0 Å². The van der Waals surface area contributed by atoms with E-state index in [2.05, 4.69) is 36.8 Å². The summed E-state index contributed by atoms with van der Waals surface area (Å²) in [5.41, 5.74) is 3.10. The third-order valence-electron chi connectivity index (χ3n) is 3.38. The number of hydrogen-bond donors (Lipinski definition) is 2. The fraction of sp³-hybridized carbons (Fsp3) is 0.125. The maximum atomic E-state index is 10.4. The Morgan fingerprint density at radius 3 is 2.60 bits per heavy atom. The zero-order valence-electron chi connectivity index (χ0n) is 10.6. The van der Waals surface area contributed by atoms with E-state index >= 15 is 0 Å². The summed E-state index contributed by atoms with van der Waals surface area (Å²) >= 11 is 7.07. The molecule has 0 radical (unpaired) electrons. The second-order valence-electron chi connectivity index (χ2n) is 4.75. The van der Waals surface area contributed by atoms with Crippen LogP contribution in [0.3, 0.4) is 0 Å². The van der Waals surface area contributed by atoms with E-state index in [1.165, 1.54) is 0 Å². The van der Waals surface area contributed by atoms with Gasteiger partial charge in [-0.3, -0.25) is 0 Å². The van der Waals surface area contributed by atoms with E-state index < -0.39 is 6.10 Å². The van der Waals surface area contributed by atoms with Gasteiger partial charge >= 0.3 is 0 Å². The van der Waals surface area contributed by atoms with E-state index in [0.717, 1.165) is 31.0 Å². The van der Waals surface area contributed by atoms with Crippen LogP contribution in [0, 0.1) is 0 Å². The lowest BCUT2D eigenvalue weighted by molar-refractivity contribution is 0.179. The van der Waals surface area contributed by atoms with Gasteiger partial charge in [0, 0.05) is 32.5 Å². The van der Waals surface area contributed by atoms with Gasteiger partial charge in [0.05, 0.1) is 6.10 Å². The van der Waals surface area contributed by atoms with Crippen molar-refractivity contribution in [2.75, 3.05) is 0 Å². The van der Waals surface area contributed by atoms with Crippen molar-refractivity contribution >= 4 is 42.8 Å². The Balaban J connectivity index is 1.96. The van der Waals surface area contributed by atoms with Crippen LogP contribution in [-0.4, -0.2) is 10.1 Å². The summed E-state index contributed by atoms with van der Waals surface area (Å²) < 4.78 is 2.05. The number of rotatable bonds is 3. The van der Waals surface area contributed by atoms with Gasteiger partial charge in [0.15, 0.2) is 0 Å². The van der Waals surface area contributed by atoms with Crippen molar-refractivity contribution in [1.29, 1.82) is 0 Å². The van der Waals surface area contributed by atoms with Crippen molar-refractivity contribution in [3.63, 3.8) is 0 Å².